The highest BCUT2D eigenvalue weighted by Gasteiger charge is 2.04. The molecule has 0 unspecified atom stereocenters. The van der Waals surface area contributed by atoms with Gasteiger partial charge in [0.25, 0.3) is 11.1 Å². The maximum atomic E-state index is 11.2. The van der Waals surface area contributed by atoms with Crippen LogP contribution in [0.3, 0.4) is 0 Å². The molecule has 0 aliphatic carbocycles. The summed E-state index contributed by atoms with van der Waals surface area (Å²) in [5.41, 5.74) is 4.13. The molecule has 0 fully saturated rings. The molecule has 2 rings (SSSR count). The first kappa shape index (κ1) is 7.47. The van der Waals surface area contributed by atoms with Crippen molar-refractivity contribution in [1.29, 1.82) is 0 Å². The molecule has 66 valence electrons. The number of nitrogen functional groups attached to an aromatic ring is 1. The van der Waals surface area contributed by atoms with Crippen LogP contribution in [-0.2, 0) is 0 Å². The Morgan fingerprint density at radius 2 is 2.15 bits per heavy atom. The van der Waals surface area contributed by atoms with Gasteiger partial charge in [-0.2, -0.15) is 4.98 Å². The van der Waals surface area contributed by atoms with Crippen molar-refractivity contribution < 1.29 is 0 Å². The number of rotatable bonds is 0. The smallest absolute Gasteiger partial charge is 0.299 e. The standard InChI is InChI=1S/C6H5N5O2/c7-6-10-4(12)2-3(5(13)11-6)9-1-8-2/h1H,(H,8,9)(H3,7,10,11,12,13). The molecule has 0 radical (unpaired) electrons. The Balaban J connectivity index is 3.18. The summed E-state index contributed by atoms with van der Waals surface area (Å²) in [6.07, 6.45) is 1.25. The minimum atomic E-state index is -0.608. The summed E-state index contributed by atoms with van der Waals surface area (Å²) in [5, 5.41) is 0. The lowest BCUT2D eigenvalue weighted by molar-refractivity contribution is 1.16. The lowest BCUT2D eigenvalue weighted by Gasteiger charge is -1.77. The lowest BCUT2D eigenvalue weighted by Crippen LogP contribution is -2.06. The van der Waals surface area contributed by atoms with Gasteiger partial charge < -0.3 is 10.7 Å². The first-order valence-electron chi connectivity index (χ1n) is 3.41. The fraction of sp³-hybridized carbons (Fsp3) is 0. The van der Waals surface area contributed by atoms with Gasteiger partial charge in [-0.15, -0.1) is 0 Å². The van der Waals surface area contributed by atoms with Crippen LogP contribution in [0.1, 0.15) is 0 Å². The van der Waals surface area contributed by atoms with Crippen molar-refractivity contribution in [3.8, 4) is 0 Å². The van der Waals surface area contributed by atoms with E-state index in [1.54, 1.807) is 0 Å². The molecule has 0 amide bonds. The van der Waals surface area contributed by atoms with E-state index in [9.17, 15) is 9.59 Å². The van der Waals surface area contributed by atoms with E-state index < -0.39 is 11.1 Å². The van der Waals surface area contributed by atoms with Crippen molar-refractivity contribution >= 4 is 17.0 Å². The summed E-state index contributed by atoms with van der Waals surface area (Å²) in [4.78, 5) is 34.2. The van der Waals surface area contributed by atoms with E-state index in [1.807, 2.05) is 0 Å². The number of aromatic nitrogens is 4. The van der Waals surface area contributed by atoms with Crippen molar-refractivity contribution in [2.24, 2.45) is 0 Å². The first-order chi connectivity index (χ1) is 6.18. The molecule has 2 aromatic rings. The minimum Gasteiger partial charge on any atom is -0.369 e. The van der Waals surface area contributed by atoms with E-state index in [2.05, 4.69) is 19.9 Å². The Hall–Kier alpha value is -2.18. The molecule has 4 N–H and O–H groups in total. The third-order valence-electron chi connectivity index (χ3n) is 1.53. The average Bonchev–Trinajstić information content (AvgIpc) is 2.47. The highest BCUT2D eigenvalue weighted by Crippen LogP contribution is 1.93. The molecule has 13 heavy (non-hydrogen) atoms. The number of imidazole rings is 1. The summed E-state index contributed by atoms with van der Waals surface area (Å²) in [7, 11) is 0. The van der Waals surface area contributed by atoms with Gasteiger partial charge in [0, 0.05) is 0 Å². The van der Waals surface area contributed by atoms with E-state index in [1.165, 1.54) is 6.33 Å². The van der Waals surface area contributed by atoms with Gasteiger partial charge in [-0.1, -0.05) is 0 Å². The first-order valence-corrected chi connectivity index (χ1v) is 3.41. The Labute approximate surface area is 70.7 Å². The predicted octanol–water partition coefficient (Wildman–Crippen LogP) is -1.41. The molecule has 7 nitrogen and oxygen atoms in total. The number of nitrogens with zero attached hydrogens (tertiary/aromatic N) is 2. The number of anilines is 1. The molecule has 0 bridgehead atoms. The molecular weight excluding hydrogens is 174 g/mol. The third kappa shape index (κ3) is 1.06. The monoisotopic (exact) mass is 179 g/mol. The molecular formula is C6H5N5O2. The van der Waals surface area contributed by atoms with Gasteiger partial charge in [0.15, 0.2) is 5.52 Å². The number of hydrogen-bond donors (Lipinski definition) is 3. The molecule has 0 saturated heterocycles. The van der Waals surface area contributed by atoms with Gasteiger partial charge in [0.1, 0.15) is 5.52 Å². The van der Waals surface area contributed by atoms with E-state index in [0.29, 0.717) is 0 Å². The number of H-pyrrole nitrogens is 2. The predicted molar refractivity (Wildman–Crippen MR) is 45.2 cm³/mol. The third-order valence-corrected chi connectivity index (χ3v) is 1.53. The van der Waals surface area contributed by atoms with E-state index >= 15 is 0 Å². The Morgan fingerprint density at radius 1 is 1.38 bits per heavy atom. The minimum absolute atomic E-state index is 0.00852. The van der Waals surface area contributed by atoms with Gasteiger partial charge in [-0.05, 0) is 0 Å². The number of nitrogens with one attached hydrogen (secondary N) is 2. The number of hydrogen-bond acceptors (Lipinski definition) is 5. The quantitative estimate of drug-likeness (QED) is 0.459. The van der Waals surface area contributed by atoms with Crippen LogP contribution in [0.25, 0.3) is 11.0 Å². The lowest BCUT2D eigenvalue weighted by atomic mass is 10.5. The summed E-state index contributed by atoms with van der Waals surface area (Å²) in [6, 6.07) is 0. The zero-order chi connectivity index (χ0) is 9.42. The number of nitrogens with two attached hydrogens (primary N) is 1. The average molecular weight is 179 g/mol. The second-order valence-electron chi connectivity index (χ2n) is 2.38. The molecule has 0 atom stereocenters. The SMILES string of the molecule is Nc1nc(=O)c2[nH]cnc2c(=O)[nH]1. The van der Waals surface area contributed by atoms with Crippen molar-refractivity contribution in [3.63, 3.8) is 0 Å². The molecule has 0 aromatic carbocycles. The summed E-state index contributed by atoms with van der Waals surface area (Å²) < 4.78 is 0. The highest BCUT2D eigenvalue weighted by atomic mass is 16.1. The highest BCUT2D eigenvalue weighted by molar-refractivity contribution is 5.71. The van der Waals surface area contributed by atoms with Crippen LogP contribution in [0.15, 0.2) is 15.9 Å². The fourth-order valence-corrected chi connectivity index (χ4v) is 0.998. The second-order valence-corrected chi connectivity index (χ2v) is 2.38. The molecule has 2 heterocycles. The van der Waals surface area contributed by atoms with E-state index in [-0.39, 0.29) is 17.0 Å². The van der Waals surface area contributed by atoms with Crippen LogP contribution in [0.2, 0.25) is 0 Å². The normalized spacial score (nSPS) is 10.5. The van der Waals surface area contributed by atoms with Crippen molar-refractivity contribution in [2.75, 3.05) is 5.73 Å². The Morgan fingerprint density at radius 3 is 2.92 bits per heavy atom. The molecule has 0 aliphatic rings. The van der Waals surface area contributed by atoms with Crippen molar-refractivity contribution in [1.82, 2.24) is 19.9 Å². The van der Waals surface area contributed by atoms with Crippen LogP contribution >= 0.6 is 0 Å². The van der Waals surface area contributed by atoms with Crippen LogP contribution in [-0.4, -0.2) is 19.9 Å². The van der Waals surface area contributed by atoms with E-state index in [4.69, 9.17) is 5.73 Å². The zero-order valence-electron chi connectivity index (χ0n) is 6.37. The summed E-state index contributed by atoms with van der Waals surface area (Å²) in [5.74, 6) is -0.221. The topological polar surface area (TPSA) is 118 Å². The van der Waals surface area contributed by atoms with Crippen molar-refractivity contribution in [3.05, 3.63) is 27.0 Å². The molecule has 2 aromatic heterocycles. The molecule has 0 aliphatic heterocycles. The van der Waals surface area contributed by atoms with Gasteiger partial charge in [-0.25, -0.2) is 4.98 Å². The van der Waals surface area contributed by atoms with E-state index in [0.717, 1.165) is 0 Å². The largest absolute Gasteiger partial charge is 0.369 e. The van der Waals surface area contributed by atoms with Gasteiger partial charge in [0.05, 0.1) is 6.33 Å². The summed E-state index contributed by atoms with van der Waals surface area (Å²) >= 11 is 0. The van der Waals surface area contributed by atoms with Gasteiger partial charge >= 0.3 is 0 Å². The maximum absolute atomic E-state index is 11.2. The number of fused-ring (bicyclic) bond motifs is 1. The molecule has 0 spiro atoms. The Kier molecular flexibility index (Phi) is 1.38. The molecule has 7 heteroatoms. The Bertz CT molecular complexity index is 521. The number of aromatic amines is 2. The van der Waals surface area contributed by atoms with Crippen LogP contribution in [0.5, 0.6) is 0 Å². The molecule has 0 saturated carbocycles. The summed E-state index contributed by atoms with van der Waals surface area (Å²) in [6.45, 7) is 0. The van der Waals surface area contributed by atoms with Crippen LogP contribution in [0, 0.1) is 0 Å². The fourth-order valence-electron chi connectivity index (χ4n) is 0.998. The van der Waals surface area contributed by atoms with Gasteiger partial charge in [0.2, 0.25) is 5.95 Å². The second kappa shape index (κ2) is 2.41. The van der Waals surface area contributed by atoms with Crippen molar-refractivity contribution in [2.45, 2.75) is 0 Å². The zero-order valence-corrected chi connectivity index (χ0v) is 6.37. The van der Waals surface area contributed by atoms with Gasteiger partial charge in [-0.3, -0.25) is 14.6 Å². The van der Waals surface area contributed by atoms with Crippen LogP contribution < -0.4 is 16.9 Å². The van der Waals surface area contributed by atoms with Crippen LogP contribution in [0.4, 0.5) is 5.95 Å². The maximum Gasteiger partial charge on any atom is 0.299 e.